The van der Waals surface area contributed by atoms with Crippen molar-refractivity contribution in [1.82, 2.24) is 5.32 Å². The van der Waals surface area contributed by atoms with Gasteiger partial charge in [-0.15, -0.1) is 0 Å². The van der Waals surface area contributed by atoms with Crippen LogP contribution in [0.4, 0.5) is 0 Å². The lowest BCUT2D eigenvalue weighted by molar-refractivity contribution is -0.120. The van der Waals surface area contributed by atoms with Gasteiger partial charge in [-0.3, -0.25) is 4.79 Å². The number of carbonyl (C=O) groups excluding carboxylic acids is 1. The number of hydrogen-bond acceptors (Lipinski definition) is 2. The summed E-state index contributed by atoms with van der Waals surface area (Å²) in [5, 5.41) is 12.4. The minimum Gasteiger partial charge on any atom is -0.508 e. The number of aromatic hydroxyl groups is 1. The molecule has 3 rings (SSSR count). The normalized spacial score (nSPS) is 10.6. The number of benzene rings is 3. The molecular formula is C22H21NO2. The highest BCUT2D eigenvalue weighted by atomic mass is 16.3. The molecule has 0 aliphatic rings. The molecule has 3 aromatic rings. The number of carbonyl (C=O) groups is 1. The van der Waals surface area contributed by atoms with Crippen molar-refractivity contribution in [2.24, 2.45) is 0 Å². The van der Waals surface area contributed by atoms with Crippen molar-refractivity contribution in [3.8, 4) is 5.75 Å². The summed E-state index contributed by atoms with van der Waals surface area (Å²) in [6.07, 6.45) is 0.302. The van der Waals surface area contributed by atoms with Gasteiger partial charge in [-0.05, 0) is 28.8 Å². The van der Waals surface area contributed by atoms with E-state index >= 15 is 0 Å². The van der Waals surface area contributed by atoms with Crippen LogP contribution < -0.4 is 5.32 Å². The van der Waals surface area contributed by atoms with E-state index in [1.54, 1.807) is 24.3 Å². The Hall–Kier alpha value is -3.07. The number of phenols is 1. The van der Waals surface area contributed by atoms with Crippen molar-refractivity contribution in [2.45, 2.75) is 12.3 Å². The van der Waals surface area contributed by atoms with Crippen LogP contribution in [0.2, 0.25) is 0 Å². The summed E-state index contributed by atoms with van der Waals surface area (Å²) in [5.41, 5.74) is 3.24. The summed E-state index contributed by atoms with van der Waals surface area (Å²) in [4.78, 5) is 12.3. The molecule has 0 aliphatic carbocycles. The first kappa shape index (κ1) is 16.8. The zero-order valence-corrected chi connectivity index (χ0v) is 13.9. The van der Waals surface area contributed by atoms with E-state index in [9.17, 15) is 9.90 Å². The Morgan fingerprint density at radius 3 is 1.84 bits per heavy atom. The third kappa shape index (κ3) is 4.70. The number of amides is 1. The Morgan fingerprint density at radius 1 is 0.800 bits per heavy atom. The maximum Gasteiger partial charge on any atom is 0.224 e. The second-order valence-electron chi connectivity index (χ2n) is 6.02. The lowest BCUT2D eigenvalue weighted by Crippen LogP contribution is -2.30. The SMILES string of the molecule is O=C(Cc1ccc(O)cc1)NCC(c1ccccc1)c1ccccc1. The summed E-state index contributed by atoms with van der Waals surface area (Å²) in [6.45, 7) is 0.547. The molecule has 0 unspecified atom stereocenters. The van der Waals surface area contributed by atoms with Crippen LogP contribution in [0.15, 0.2) is 84.9 Å². The highest BCUT2D eigenvalue weighted by molar-refractivity contribution is 5.78. The lowest BCUT2D eigenvalue weighted by atomic mass is 9.91. The first-order valence-electron chi connectivity index (χ1n) is 8.37. The second kappa shape index (κ2) is 8.15. The standard InChI is InChI=1S/C22H21NO2/c24-20-13-11-17(12-14-20)15-22(25)23-16-21(18-7-3-1-4-8-18)19-9-5-2-6-10-19/h1-14,21,24H,15-16H2,(H,23,25). The third-order valence-electron chi connectivity index (χ3n) is 4.21. The molecule has 2 N–H and O–H groups in total. The molecule has 126 valence electrons. The zero-order valence-electron chi connectivity index (χ0n) is 13.9. The Kier molecular flexibility index (Phi) is 5.47. The van der Waals surface area contributed by atoms with Crippen molar-refractivity contribution >= 4 is 5.91 Å². The van der Waals surface area contributed by atoms with E-state index in [2.05, 4.69) is 29.6 Å². The van der Waals surface area contributed by atoms with Gasteiger partial charge >= 0.3 is 0 Å². The highest BCUT2D eigenvalue weighted by Crippen LogP contribution is 2.23. The van der Waals surface area contributed by atoms with Crippen LogP contribution in [-0.4, -0.2) is 17.6 Å². The maximum atomic E-state index is 12.3. The number of rotatable bonds is 6. The predicted octanol–water partition coefficient (Wildman–Crippen LogP) is 3.88. The van der Waals surface area contributed by atoms with Crippen molar-refractivity contribution in [3.05, 3.63) is 102 Å². The van der Waals surface area contributed by atoms with Crippen LogP contribution in [0.5, 0.6) is 5.75 Å². The largest absolute Gasteiger partial charge is 0.508 e. The molecule has 0 atom stereocenters. The highest BCUT2D eigenvalue weighted by Gasteiger charge is 2.15. The van der Waals surface area contributed by atoms with Gasteiger partial charge in [0, 0.05) is 12.5 Å². The van der Waals surface area contributed by atoms with E-state index in [-0.39, 0.29) is 17.6 Å². The Balaban J connectivity index is 1.68. The molecule has 3 heteroatoms. The molecule has 3 aromatic carbocycles. The van der Waals surface area contributed by atoms with Gasteiger partial charge < -0.3 is 10.4 Å². The summed E-state index contributed by atoms with van der Waals surface area (Å²) < 4.78 is 0. The summed E-state index contributed by atoms with van der Waals surface area (Å²) >= 11 is 0. The Labute approximate surface area is 148 Å². The smallest absolute Gasteiger partial charge is 0.224 e. The van der Waals surface area contributed by atoms with Crippen molar-refractivity contribution in [2.75, 3.05) is 6.54 Å². The van der Waals surface area contributed by atoms with Gasteiger partial charge in [0.1, 0.15) is 5.75 Å². The average Bonchev–Trinajstić information content (AvgIpc) is 2.66. The van der Waals surface area contributed by atoms with E-state index in [1.807, 2.05) is 36.4 Å². The quantitative estimate of drug-likeness (QED) is 0.720. The summed E-state index contributed by atoms with van der Waals surface area (Å²) in [6, 6.07) is 27.1. The molecule has 25 heavy (non-hydrogen) atoms. The van der Waals surface area contributed by atoms with E-state index in [1.165, 1.54) is 11.1 Å². The molecule has 0 heterocycles. The fraction of sp³-hybridized carbons (Fsp3) is 0.136. The van der Waals surface area contributed by atoms with Gasteiger partial charge in [-0.1, -0.05) is 72.8 Å². The molecular weight excluding hydrogens is 310 g/mol. The van der Waals surface area contributed by atoms with Gasteiger partial charge in [0.2, 0.25) is 5.91 Å². The van der Waals surface area contributed by atoms with Gasteiger partial charge in [0.15, 0.2) is 0 Å². The van der Waals surface area contributed by atoms with Crippen LogP contribution in [0.3, 0.4) is 0 Å². The van der Waals surface area contributed by atoms with Crippen molar-refractivity contribution < 1.29 is 9.90 Å². The maximum absolute atomic E-state index is 12.3. The van der Waals surface area contributed by atoms with Crippen LogP contribution in [0.25, 0.3) is 0 Å². The first-order chi connectivity index (χ1) is 12.2. The molecule has 0 saturated carbocycles. The average molecular weight is 331 g/mol. The molecule has 1 amide bonds. The topological polar surface area (TPSA) is 49.3 Å². The van der Waals surface area contributed by atoms with Crippen LogP contribution in [0.1, 0.15) is 22.6 Å². The van der Waals surface area contributed by atoms with Gasteiger partial charge in [-0.25, -0.2) is 0 Å². The molecule has 0 radical (unpaired) electrons. The van der Waals surface area contributed by atoms with Crippen LogP contribution in [0, 0.1) is 0 Å². The first-order valence-corrected chi connectivity index (χ1v) is 8.37. The summed E-state index contributed by atoms with van der Waals surface area (Å²) in [5.74, 6) is 0.297. The Bertz CT molecular complexity index is 759. The third-order valence-corrected chi connectivity index (χ3v) is 4.21. The van der Waals surface area contributed by atoms with Crippen LogP contribution >= 0.6 is 0 Å². The van der Waals surface area contributed by atoms with Crippen molar-refractivity contribution in [1.29, 1.82) is 0 Å². The fourth-order valence-corrected chi connectivity index (χ4v) is 2.88. The second-order valence-corrected chi connectivity index (χ2v) is 6.02. The number of nitrogens with one attached hydrogen (secondary N) is 1. The predicted molar refractivity (Wildman–Crippen MR) is 99.5 cm³/mol. The molecule has 0 saturated heterocycles. The van der Waals surface area contributed by atoms with Crippen molar-refractivity contribution in [3.63, 3.8) is 0 Å². The molecule has 3 nitrogen and oxygen atoms in total. The van der Waals surface area contributed by atoms with E-state index in [0.29, 0.717) is 13.0 Å². The van der Waals surface area contributed by atoms with Gasteiger partial charge in [0.05, 0.1) is 6.42 Å². The lowest BCUT2D eigenvalue weighted by Gasteiger charge is -2.19. The molecule has 0 bridgehead atoms. The molecule has 0 aliphatic heterocycles. The number of hydrogen-bond donors (Lipinski definition) is 2. The van der Waals surface area contributed by atoms with E-state index in [4.69, 9.17) is 0 Å². The molecule has 0 aromatic heterocycles. The minimum atomic E-state index is -0.0254. The van der Waals surface area contributed by atoms with E-state index < -0.39 is 0 Å². The molecule has 0 spiro atoms. The van der Waals surface area contributed by atoms with Crippen LogP contribution in [-0.2, 0) is 11.2 Å². The van der Waals surface area contributed by atoms with Gasteiger partial charge in [0.25, 0.3) is 0 Å². The van der Waals surface area contributed by atoms with Gasteiger partial charge in [-0.2, -0.15) is 0 Å². The summed E-state index contributed by atoms with van der Waals surface area (Å²) in [7, 11) is 0. The number of phenolic OH excluding ortho intramolecular Hbond substituents is 1. The fourth-order valence-electron chi connectivity index (χ4n) is 2.88. The zero-order chi connectivity index (χ0) is 17.5. The Morgan fingerprint density at radius 2 is 1.32 bits per heavy atom. The van der Waals surface area contributed by atoms with E-state index in [0.717, 1.165) is 5.56 Å². The molecule has 0 fully saturated rings. The minimum absolute atomic E-state index is 0.0254. The monoisotopic (exact) mass is 331 g/mol.